The van der Waals surface area contributed by atoms with Gasteiger partial charge in [0.1, 0.15) is 6.07 Å². The molecule has 0 bridgehead atoms. The second-order valence-corrected chi connectivity index (χ2v) is 3.41. The summed E-state index contributed by atoms with van der Waals surface area (Å²) in [7, 11) is 0. The van der Waals surface area contributed by atoms with Gasteiger partial charge in [-0.1, -0.05) is 5.16 Å². The molecule has 0 fully saturated rings. The van der Waals surface area contributed by atoms with Crippen LogP contribution in [0.5, 0.6) is 0 Å². The number of aromatic nitrogens is 2. The van der Waals surface area contributed by atoms with Crippen LogP contribution >= 0.6 is 0 Å². The van der Waals surface area contributed by atoms with Crippen LogP contribution in [-0.4, -0.2) is 16.7 Å². The summed E-state index contributed by atoms with van der Waals surface area (Å²) in [6, 6.07) is 4.09. The molecule has 2 aromatic rings. The van der Waals surface area contributed by atoms with Gasteiger partial charge in [0.25, 0.3) is 0 Å². The van der Waals surface area contributed by atoms with Crippen LogP contribution in [0.4, 0.5) is 14.5 Å². The first kappa shape index (κ1) is 12.0. The maximum atomic E-state index is 13.5. The van der Waals surface area contributed by atoms with E-state index < -0.39 is 11.6 Å². The number of hydrogen-bond acceptors (Lipinski definition) is 5. The number of anilines is 1. The molecule has 1 aromatic heterocycles. The zero-order valence-electron chi connectivity index (χ0n) is 9.15. The third-order valence-electron chi connectivity index (χ3n) is 2.26. The predicted octanol–water partition coefficient (Wildman–Crippen LogP) is 1.87. The Kier molecular flexibility index (Phi) is 3.48. The van der Waals surface area contributed by atoms with Gasteiger partial charge >= 0.3 is 0 Å². The van der Waals surface area contributed by atoms with Gasteiger partial charge in [0.2, 0.25) is 5.89 Å². The molecule has 1 heterocycles. The van der Waals surface area contributed by atoms with Crippen LogP contribution in [0, 0.1) is 23.0 Å². The van der Waals surface area contributed by atoms with Crippen LogP contribution in [0.15, 0.2) is 23.0 Å². The minimum absolute atomic E-state index is 0.00832. The third-order valence-corrected chi connectivity index (χ3v) is 2.26. The summed E-state index contributed by atoms with van der Waals surface area (Å²) in [6.07, 6.45) is 1.65. The van der Waals surface area contributed by atoms with E-state index in [-0.39, 0.29) is 11.3 Å². The molecule has 1 N–H and O–H groups in total. The average molecular weight is 250 g/mol. The lowest BCUT2D eigenvalue weighted by Crippen LogP contribution is -2.08. The molecular weight excluding hydrogens is 242 g/mol. The summed E-state index contributed by atoms with van der Waals surface area (Å²) in [4.78, 5) is 3.79. The summed E-state index contributed by atoms with van der Waals surface area (Å²) in [5.41, 5.74) is -0.332. The van der Waals surface area contributed by atoms with E-state index in [1.54, 1.807) is 6.07 Å². The molecule has 0 radical (unpaired) electrons. The fourth-order valence-corrected chi connectivity index (χ4v) is 1.38. The van der Waals surface area contributed by atoms with Crippen LogP contribution in [0.1, 0.15) is 11.5 Å². The van der Waals surface area contributed by atoms with E-state index >= 15 is 0 Å². The molecule has 0 aliphatic rings. The highest BCUT2D eigenvalue weighted by atomic mass is 19.2. The van der Waals surface area contributed by atoms with Crippen molar-refractivity contribution < 1.29 is 13.3 Å². The molecule has 0 spiro atoms. The van der Waals surface area contributed by atoms with Gasteiger partial charge in [0, 0.05) is 13.0 Å². The Morgan fingerprint density at radius 1 is 1.33 bits per heavy atom. The Hall–Kier alpha value is -2.49. The van der Waals surface area contributed by atoms with Gasteiger partial charge in [-0.15, -0.1) is 0 Å². The zero-order valence-corrected chi connectivity index (χ0v) is 9.15. The van der Waals surface area contributed by atoms with E-state index in [0.29, 0.717) is 18.9 Å². The molecule has 18 heavy (non-hydrogen) atoms. The monoisotopic (exact) mass is 250 g/mol. The van der Waals surface area contributed by atoms with E-state index in [9.17, 15) is 8.78 Å². The molecule has 2 rings (SSSR count). The second kappa shape index (κ2) is 5.23. The minimum atomic E-state index is -1.15. The Balaban J connectivity index is 2.02. The van der Waals surface area contributed by atoms with Gasteiger partial charge in [0.15, 0.2) is 18.0 Å². The molecule has 92 valence electrons. The highest BCUT2D eigenvalue weighted by Crippen LogP contribution is 2.19. The molecule has 0 unspecified atom stereocenters. The van der Waals surface area contributed by atoms with Gasteiger partial charge in [-0.25, -0.2) is 8.78 Å². The quantitative estimate of drug-likeness (QED) is 0.896. The van der Waals surface area contributed by atoms with Crippen molar-refractivity contribution in [1.29, 1.82) is 5.26 Å². The summed E-state index contributed by atoms with van der Waals surface area (Å²) in [6.45, 7) is 0.310. The molecule has 0 atom stereocenters. The lowest BCUT2D eigenvalue weighted by Gasteiger charge is -2.07. The third kappa shape index (κ3) is 2.43. The van der Waals surface area contributed by atoms with Crippen molar-refractivity contribution in [3.63, 3.8) is 0 Å². The molecule has 0 aliphatic carbocycles. The van der Waals surface area contributed by atoms with Gasteiger partial charge < -0.3 is 9.84 Å². The van der Waals surface area contributed by atoms with Crippen LogP contribution in [0.3, 0.4) is 0 Å². The van der Waals surface area contributed by atoms with E-state index in [0.717, 1.165) is 0 Å². The molecular formula is C11H8F2N4O. The lowest BCUT2D eigenvalue weighted by atomic mass is 10.2. The topological polar surface area (TPSA) is 74.7 Å². The lowest BCUT2D eigenvalue weighted by molar-refractivity contribution is 0.379. The van der Waals surface area contributed by atoms with Gasteiger partial charge in [-0.05, 0) is 12.1 Å². The summed E-state index contributed by atoms with van der Waals surface area (Å²) in [5, 5.41) is 14.6. The van der Waals surface area contributed by atoms with Crippen molar-refractivity contribution in [3.8, 4) is 6.07 Å². The van der Waals surface area contributed by atoms with Crippen LogP contribution in [0.25, 0.3) is 0 Å². The van der Waals surface area contributed by atoms with Gasteiger partial charge in [-0.2, -0.15) is 10.2 Å². The van der Waals surface area contributed by atoms with E-state index in [1.807, 2.05) is 0 Å². The van der Waals surface area contributed by atoms with Crippen molar-refractivity contribution in [2.45, 2.75) is 6.42 Å². The van der Waals surface area contributed by atoms with E-state index in [2.05, 4.69) is 15.5 Å². The molecule has 7 heteroatoms. The predicted molar refractivity (Wildman–Crippen MR) is 57.6 cm³/mol. The van der Waals surface area contributed by atoms with Crippen molar-refractivity contribution >= 4 is 5.69 Å². The van der Waals surface area contributed by atoms with Crippen molar-refractivity contribution in [2.75, 3.05) is 11.9 Å². The summed E-state index contributed by atoms with van der Waals surface area (Å²) < 4.78 is 31.5. The maximum Gasteiger partial charge on any atom is 0.228 e. The van der Waals surface area contributed by atoms with Crippen LogP contribution < -0.4 is 5.32 Å². The fourth-order valence-electron chi connectivity index (χ4n) is 1.38. The first-order valence-electron chi connectivity index (χ1n) is 5.10. The maximum absolute atomic E-state index is 13.5. The van der Waals surface area contributed by atoms with Crippen molar-refractivity contribution in [3.05, 3.63) is 41.5 Å². The minimum Gasteiger partial charge on any atom is -0.382 e. The molecule has 5 nitrogen and oxygen atoms in total. The Morgan fingerprint density at radius 3 is 2.83 bits per heavy atom. The SMILES string of the molecule is N#Cc1ccc(NCCc2ncno2)c(F)c1F. The highest BCUT2D eigenvalue weighted by molar-refractivity contribution is 5.49. The molecule has 0 amide bonds. The molecule has 0 saturated carbocycles. The normalized spacial score (nSPS) is 10.1. The van der Waals surface area contributed by atoms with Gasteiger partial charge in [-0.3, -0.25) is 0 Å². The fraction of sp³-hybridized carbons (Fsp3) is 0.182. The average Bonchev–Trinajstić information content (AvgIpc) is 2.88. The number of nitriles is 1. The zero-order chi connectivity index (χ0) is 13.0. The Morgan fingerprint density at radius 2 is 2.17 bits per heavy atom. The number of nitrogens with one attached hydrogen (secondary N) is 1. The smallest absolute Gasteiger partial charge is 0.228 e. The molecule has 0 aliphatic heterocycles. The largest absolute Gasteiger partial charge is 0.382 e. The first-order chi connectivity index (χ1) is 8.72. The highest BCUT2D eigenvalue weighted by Gasteiger charge is 2.12. The van der Waals surface area contributed by atoms with E-state index in [4.69, 9.17) is 9.78 Å². The first-order valence-corrected chi connectivity index (χ1v) is 5.10. The number of nitrogens with zero attached hydrogens (tertiary/aromatic N) is 3. The second-order valence-electron chi connectivity index (χ2n) is 3.41. The Bertz CT molecular complexity index is 577. The van der Waals surface area contributed by atoms with Crippen molar-refractivity contribution in [2.24, 2.45) is 0 Å². The number of rotatable bonds is 4. The van der Waals surface area contributed by atoms with Crippen LogP contribution in [0.2, 0.25) is 0 Å². The summed E-state index contributed by atoms with van der Waals surface area (Å²) in [5.74, 6) is -1.82. The van der Waals surface area contributed by atoms with Gasteiger partial charge in [0.05, 0.1) is 11.3 Å². The molecule has 0 saturated heterocycles. The standard InChI is InChI=1S/C11H8F2N4O/c12-10-7(5-14)1-2-8(11(10)13)15-4-3-9-16-6-17-18-9/h1-2,6,15H,3-4H2. The van der Waals surface area contributed by atoms with E-state index in [1.165, 1.54) is 18.5 Å². The number of hydrogen-bond donors (Lipinski definition) is 1. The number of halogens is 2. The number of benzene rings is 1. The molecule has 1 aromatic carbocycles. The summed E-state index contributed by atoms with van der Waals surface area (Å²) >= 11 is 0. The van der Waals surface area contributed by atoms with Crippen molar-refractivity contribution in [1.82, 2.24) is 10.1 Å². The Labute approximate surface area is 101 Å². The van der Waals surface area contributed by atoms with Crippen LogP contribution in [-0.2, 0) is 6.42 Å².